The first kappa shape index (κ1) is 12.8. The normalized spacial score (nSPS) is 10.1. The molecule has 0 bridgehead atoms. The van der Waals surface area contributed by atoms with Crippen molar-refractivity contribution >= 4 is 39.9 Å². The van der Waals surface area contributed by atoms with Crippen molar-refractivity contribution in [3.05, 3.63) is 57.4 Å². The van der Waals surface area contributed by atoms with Gasteiger partial charge in [-0.05, 0) is 65.1 Å². The standard InChI is InChI=1S/C13H10FIN2O/c14-8-1-6-11(12(16)7-8)13(18)17-10-4-2-9(15)3-5-10/h1-7H,16H2,(H,17,18). The Labute approximate surface area is 117 Å². The molecule has 92 valence electrons. The van der Waals surface area contributed by atoms with E-state index >= 15 is 0 Å². The highest BCUT2D eigenvalue weighted by atomic mass is 127. The molecule has 0 aliphatic carbocycles. The van der Waals surface area contributed by atoms with Gasteiger partial charge in [-0.3, -0.25) is 4.79 Å². The number of benzene rings is 2. The molecular formula is C13H10FIN2O. The van der Waals surface area contributed by atoms with Crippen molar-refractivity contribution in [3.63, 3.8) is 0 Å². The summed E-state index contributed by atoms with van der Waals surface area (Å²) in [6.45, 7) is 0. The van der Waals surface area contributed by atoms with Gasteiger partial charge in [0.05, 0.1) is 5.56 Å². The first-order valence-electron chi connectivity index (χ1n) is 5.18. The van der Waals surface area contributed by atoms with Crippen LogP contribution in [0.25, 0.3) is 0 Å². The summed E-state index contributed by atoms with van der Waals surface area (Å²) in [5.41, 5.74) is 6.65. The Kier molecular flexibility index (Phi) is 3.81. The van der Waals surface area contributed by atoms with E-state index in [0.29, 0.717) is 5.69 Å². The van der Waals surface area contributed by atoms with E-state index in [1.54, 1.807) is 12.1 Å². The Morgan fingerprint density at radius 1 is 1.17 bits per heavy atom. The lowest BCUT2D eigenvalue weighted by atomic mass is 10.1. The predicted molar refractivity (Wildman–Crippen MR) is 77.9 cm³/mol. The summed E-state index contributed by atoms with van der Waals surface area (Å²) in [6, 6.07) is 11.0. The van der Waals surface area contributed by atoms with Crippen LogP contribution < -0.4 is 11.1 Å². The minimum absolute atomic E-state index is 0.123. The molecule has 0 atom stereocenters. The SMILES string of the molecule is Nc1cc(F)ccc1C(=O)Nc1ccc(I)cc1. The molecule has 5 heteroatoms. The maximum atomic E-state index is 12.9. The van der Waals surface area contributed by atoms with Gasteiger partial charge in [0.15, 0.2) is 0 Å². The highest BCUT2D eigenvalue weighted by molar-refractivity contribution is 14.1. The lowest BCUT2D eigenvalue weighted by Gasteiger charge is -2.07. The van der Waals surface area contributed by atoms with Gasteiger partial charge in [-0.15, -0.1) is 0 Å². The van der Waals surface area contributed by atoms with Gasteiger partial charge in [-0.2, -0.15) is 0 Å². The molecule has 0 aliphatic rings. The van der Waals surface area contributed by atoms with Crippen LogP contribution in [0.2, 0.25) is 0 Å². The monoisotopic (exact) mass is 356 g/mol. The number of anilines is 2. The summed E-state index contributed by atoms with van der Waals surface area (Å²) < 4.78 is 13.9. The molecule has 2 aromatic carbocycles. The second kappa shape index (κ2) is 5.34. The highest BCUT2D eigenvalue weighted by Crippen LogP contribution is 2.17. The molecule has 0 aromatic heterocycles. The zero-order chi connectivity index (χ0) is 13.1. The van der Waals surface area contributed by atoms with E-state index in [-0.39, 0.29) is 17.2 Å². The quantitative estimate of drug-likeness (QED) is 0.641. The molecule has 0 fully saturated rings. The number of nitrogens with one attached hydrogen (secondary N) is 1. The van der Waals surface area contributed by atoms with E-state index in [9.17, 15) is 9.18 Å². The fraction of sp³-hybridized carbons (Fsp3) is 0. The minimum Gasteiger partial charge on any atom is -0.398 e. The number of hydrogen-bond acceptors (Lipinski definition) is 2. The van der Waals surface area contributed by atoms with E-state index in [1.807, 2.05) is 12.1 Å². The lowest BCUT2D eigenvalue weighted by molar-refractivity contribution is 0.102. The number of amides is 1. The molecule has 0 saturated heterocycles. The van der Waals surface area contributed by atoms with E-state index < -0.39 is 5.82 Å². The Bertz CT molecular complexity index is 584. The summed E-state index contributed by atoms with van der Waals surface area (Å²) >= 11 is 2.18. The third kappa shape index (κ3) is 2.98. The van der Waals surface area contributed by atoms with Gasteiger partial charge < -0.3 is 11.1 Å². The molecule has 2 rings (SSSR count). The highest BCUT2D eigenvalue weighted by Gasteiger charge is 2.10. The first-order valence-corrected chi connectivity index (χ1v) is 6.26. The second-order valence-electron chi connectivity index (χ2n) is 3.69. The number of nitrogens with two attached hydrogens (primary N) is 1. The molecule has 0 unspecified atom stereocenters. The van der Waals surface area contributed by atoms with Gasteiger partial charge in [0.1, 0.15) is 5.82 Å². The first-order chi connectivity index (χ1) is 8.56. The minimum atomic E-state index is -0.460. The molecule has 3 nitrogen and oxygen atoms in total. The van der Waals surface area contributed by atoms with Crippen molar-refractivity contribution in [3.8, 4) is 0 Å². The number of rotatable bonds is 2. The van der Waals surface area contributed by atoms with Crippen LogP contribution >= 0.6 is 22.6 Å². The summed E-state index contributed by atoms with van der Waals surface area (Å²) in [4.78, 5) is 11.9. The Hall–Kier alpha value is -1.63. The number of carbonyl (C=O) groups is 1. The maximum Gasteiger partial charge on any atom is 0.257 e. The third-order valence-electron chi connectivity index (χ3n) is 2.36. The Balaban J connectivity index is 2.19. The van der Waals surface area contributed by atoms with Crippen LogP contribution in [-0.2, 0) is 0 Å². The van der Waals surface area contributed by atoms with E-state index in [2.05, 4.69) is 27.9 Å². The van der Waals surface area contributed by atoms with Gasteiger partial charge in [0.25, 0.3) is 5.91 Å². The van der Waals surface area contributed by atoms with Crippen molar-refractivity contribution in [1.29, 1.82) is 0 Å². The number of hydrogen-bond donors (Lipinski definition) is 2. The van der Waals surface area contributed by atoms with Gasteiger partial charge in [-0.1, -0.05) is 0 Å². The molecule has 0 spiro atoms. The van der Waals surface area contributed by atoms with Crippen molar-refractivity contribution in [1.82, 2.24) is 0 Å². The van der Waals surface area contributed by atoms with Gasteiger partial charge in [0.2, 0.25) is 0 Å². The van der Waals surface area contributed by atoms with Crippen molar-refractivity contribution in [2.75, 3.05) is 11.1 Å². The predicted octanol–water partition coefficient (Wildman–Crippen LogP) is 3.26. The smallest absolute Gasteiger partial charge is 0.257 e. The van der Waals surface area contributed by atoms with Crippen LogP contribution in [-0.4, -0.2) is 5.91 Å². The van der Waals surface area contributed by atoms with Crippen LogP contribution in [0.4, 0.5) is 15.8 Å². The van der Waals surface area contributed by atoms with Crippen LogP contribution in [0, 0.1) is 9.39 Å². The fourth-order valence-electron chi connectivity index (χ4n) is 1.47. The van der Waals surface area contributed by atoms with Crippen molar-refractivity contribution in [2.24, 2.45) is 0 Å². The lowest BCUT2D eigenvalue weighted by Crippen LogP contribution is -2.14. The molecule has 1 amide bonds. The third-order valence-corrected chi connectivity index (χ3v) is 3.08. The van der Waals surface area contributed by atoms with E-state index in [0.717, 1.165) is 9.64 Å². The van der Waals surface area contributed by atoms with Crippen LogP contribution in [0.15, 0.2) is 42.5 Å². The van der Waals surface area contributed by atoms with Gasteiger partial charge in [-0.25, -0.2) is 4.39 Å². The summed E-state index contributed by atoms with van der Waals surface area (Å²) in [5, 5.41) is 2.70. The number of carbonyl (C=O) groups excluding carboxylic acids is 1. The average Bonchev–Trinajstić information content (AvgIpc) is 2.32. The zero-order valence-electron chi connectivity index (χ0n) is 9.28. The number of nitrogen functional groups attached to an aromatic ring is 1. The zero-order valence-corrected chi connectivity index (χ0v) is 11.4. The summed E-state index contributed by atoms with van der Waals surface area (Å²) in [5.74, 6) is -0.813. The maximum absolute atomic E-state index is 12.9. The van der Waals surface area contributed by atoms with E-state index in [4.69, 9.17) is 5.73 Å². The second-order valence-corrected chi connectivity index (χ2v) is 4.94. The molecule has 0 saturated carbocycles. The molecule has 2 aromatic rings. The van der Waals surface area contributed by atoms with Gasteiger partial charge in [0, 0.05) is 14.9 Å². The van der Waals surface area contributed by atoms with E-state index in [1.165, 1.54) is 12.1 Å². The fourth-order valence-corrected chi connectivity index (χ4v) is 1.83. The molecule has 0 radical (unpaired) electrons. The van der Waals surface area contributed by atoms with Crippen LogP contribution in [0.1, 0.15) is 10.4 Å². The van der Waals surface area contributed by atoms with Crippen molar-refractivity contribution < 1.29 is 9.18 Å². The Morgan fingerprint density at radius 3 is 2.44 bits per heavy atom. The molecule has 18 heavy (non-hydrogen) atoms. The molecule has 0 aliphatic heterocycles. The summed E-state index contributed by atoms with van der Waals surface area (Å²) in [7, 11) is 0. The molecular weight excluding hydrogens is 346 g/mol. The average molecular weight is 356 g/mol. The van der Waals surface area contributed by atoms with Crippen LogP contribution in [0.5, 0.6) is 0 Å². The Morgan fingerprint density at radius 2 is 1.83 bits per heavy atom. The van der Waals surface area contributed by atoms with Crippen molar-refractivity contribution in [2.45, 2.75) is 0 Å². The molecule has 3 N–H and O–H groups in total. The molecule has 0 heterocycles. The van der Waals surface area contributed by atoms with Crippen LogP contribution in [0.3, 0.4) is 0 Å². The largest absolute Gasteiger partial charge is 0.398 e. The van der Waals surface area contributed by atoms with Gasteiger partial charge >= 0.3 is 0 Å². The summed E-state index contributed by atoms with van der Waals surface area (Å²) in [6.07, 6.45) is 0. The number of halogens is 2. The topological polar surface area (TPSA) is 55.1 Å².